The largest absolute Gasteiger partial charge is 0.316 e. The Morgan fingerprint density at radius 3 is 2.60 bits per heavy atom. The molecule has 0 amide bonds. The first kappa shape index (κ1) is 15.0. The fraction of sp³-hybridized carbons (Fsp3) is 0.250. The third kappa shape index (κ3) is 4.32. The van der Waals surface area contributed by atoms with Crippen molar-refractivity contribution in [2.75, 3.05) is 12.8 Å². The summed E-state index contributed by atoms with van der Waals surface area (Å²) in [6.45, 7) is 0. The van der Waals surface area contributed by atoms with Crippen molar-refractivity contribution in [3.05, 3.63) is 65.7 Å². The molecule has 106 valence electrons. The van der Waals surface area contributed by atoms with Gasteiger partial charge < -0.3 is 5.32 Å². The molecule has 2 rings (SSSR count). The zero-order valence-corrected chi connectivity index (χ0v) is 12.1. The van der Waals surface area contributed by atoms with Crippen LogP contribution in [-0.4, -0.2) is 18.8 Å². The molecule has 0 saturated heterocycles. The van der Waals surface area contributed by atoms with Crippen LogP contribution in [0.25, 0.3) is 0 Å². The van der Waals surface area contributed by atoms with Gasteiger partial charge in [0.2, 0.25) is 0 Å². The molecule has 20 heavy (non-hydrogen) atoms. The van der Waals surface area contributed by atoms with E-state index < -0.39 is 0 Å². The number of halogens is 2. The molecule has 0 aromatic heterocycles. The van der Waals surface area contributed by atoms with Crippen molar-refractivity contribution < 1.29 is 8.78 Å². The van der Waals surface area contributed by atoms with E-state index >= 15 is 0 Å². The molecule has 4 heteroatoms. The maximum absolute atomic E-state index is 13.6. The van der Waals surface area contributed by atoms with E-state index in [0.29, 0.717) is 12.0 Å². The fourth-order valence-electron chi connectivity index (χ4n) is 1.93. The number of likely N-dealkylation sites (N-methyl/N-ethyl adjacent to an activating group) is 1. The highest BCUT2D eigenvalue weighted by Gasteiger charge is 2.11. The summed E-state index contributed by atoms with van der Waals surface area (Å²) in [5.41, 5.74) is 0.701. The molecule has 0 heterocycles. The SMILES string of the molecule is CNC(CSc1cccc(F)c1)Cc1ccccc1F. The van der Waals surface area contributed by atoms with Crippen LogP contribution in [0.3, 0.4) is 0 Å². The molecule has 0 fully saturated rings. The molecule has 1 nitrogen and oxygen atoms in total. The lowest BCUT2D eigenvalue weighted by Gasteiger charge is -2.16. The van der Waals surface area contributed by atoms with Gasteiger partial charge in [0.15, 0.2) is 0 Å². The van der Waals surface area contributed by atoms with Gasteiger partial charge in [-0.15, -0.1) is 11.8 Å². The summed E-state index contributed by atoms with van der Waals surface area (Å²) in [6, 6.07) is 13.5. The Balaban J connectivity index is 1.94. The smallest absolute Gasteiger partial charge is 0.126 e. The quantitative estimate of drug-likeness (QED) is 0.811. The standard InChI is InChI=1S/C16H17F2NS/c1-19-14(9-12-5-2-3-8-16(12)18)11-20-15-7-4-6-13(17)10-15/h2-8,10,14,19H,9,11H2,1H3. The fourth-order valence-corrected chi connectivity index (χ4v) is 2.98. The number of hydrogen-bond acceptors (Lipinski definition) is 2. The number of hydrogen-bond donors (Lipinski definition) is 1. The van der Waals surface area contributed by atoms with Crippen molar-refractivity contribution in [3.8, 4) is 0 Å². The zero-order valence-electron chi connectivity index (χ0n) is 11.3. The predicted octanol–water partition coefficient (Wildman–Crippen LogP) is 3.89. The summed E-state index contributed by atoms with van der Waals surface area (Å²) in [6.07, 6.45) is 0.617. The Morgan fingerprint density at radius 2 is 1.90 bits per heavy atom. The minimum atomic E-state index is -0.231. The monoisotopic (exact) mass is 293 g/mol. The predicted molar refractivity (Wildman–Crippen MR) is 80.1 cm³/mol. The molecular weight excluding hydrogens is 276 g/mol. The van der Waals surface area contributed by atoms with Gasteiger partial charge in [0.25, 0.3) is 0 Å². The van der Waals surface area contributed by atoms with E-state index in [-0.39, 0.29) is 17.7 Å². The summed E-state index contributed by atoms with van der Waals surface area (Å²) >= 11 is 1.57. The van der Waals surface area contributed by atoms with E-state index in [1.165, 1.54) is 18.2 Å². The van der Waals surface area contributed by atoms with Crippen LogP contribution in [0.4, 0.5) is 8.78 Å². The third-order valence-electron chi connectivity index (χ3n) is 3.08. The highest BCUT2D eigenvalue weighted by molar-refractivity contribution is 7.99. The second kappa shape index (κ2) is 7.41. The van der Waals surface area contributed by atoms with Crippen LogP contribution in [-0.2, 0) is 6.42 Å². The molecular formula is C16H17F2NS. The summed E-state index contributed by atoms with van der Waals surface area (Å²) in [5, 5.41) is 3.18. The van der Waals surface area contributed by atoms with Crippen molar-refractivity contribution in [2.45, 2.75) is 17.4 Å². The van der Waals surface area contributed by atoms with Gasteiger partial charge in [-0.3, -0.25) is 0 Å². The van der Waals surface area contributed by atoms with Crippen molar-refractivity contribution in [1.29, 1.82) is 0 Å². The second-order valence-electron chi connectivity index (χ2n) is 4.55. The summed E-state index contributed by atoms with van der Waals surface area (Å²) in [4.78, 5) is 0.888. The number of benzene rings is 2. The van der Waals surface area contributed by atoms with Gasteiger partial charge in [-0.1, -0.05) is 24.3 Å². The Bertz CT molecular complexity index is 560. The second-order valence-corrected chi connectivity index (χ2v) is 5.64. The molecule has 1 unspecified atom stereocenters. The Morgan fingerprint density at radius 1 is 1.10 bits per heavy atom. The Hall–Kier alpha value is -1.39. The molecule has 0 bridgehead atoms. The van der Waals surface area contributed by atoms with Crippen molar-refractivity contribution in [3.63, 3.8) is 0 Å². The summed E-state index contributed by atoms with van der Waals surface area (Å²) in [7, 11) is 1.86. The van der Waals surface area contributed by atoms with Crippen molar-refractivity contribution >= 4 is 11.8 Å². The van der Waals surface area contributed by atoms with Gasteiger partial charge in [-0.05, 0) is 43.3 Å². The van der Waals surface area contributed by atoms with Crippen LogP contribution < -0.4 is 5.32 Å². The first-order chi connectivity index (χ1) is 9.69. The van der Waals surface area contributed by atoms with Crippen LogP contribution in [0, 0.1) is 11.6 Å². The molecule has 0 aliphatic rings. The summed E-state index contributed by atoms with van der Waals surface area (Å²) in [5.74, 6) is 0.350. The Labute approximate surface area is 122 Å². The summed E-state index contributed by atoms with van der Waals surface area (Å²) < 4.78 is 26.7. The van der Waals surface area contributed by atoms with Crippen LogP contribution >= 0.6 is 11.8 Å². The van der Waals surface area contributed by atoms with E-state index in [1.54, 1.807) is 30.0 Å². The number of thioether (sulfide) groups is 1. The topological polar surface area (TPSA) is 12.0 Å². The minimum Gasteiger partial charge on any atom is -0.316 e. The zero-order chi connectivity index (χ0) is 14.4. The number of rotatable bonds is 6. The lowest BCUT2D eigenvalue weighted by Crippen LogP contribution is -2.30. The third-order valence-corrected chi connectivity index (χ3v) is 4.24. The maximum Gasteiger partial charge on any atom is 0.126 e. The van der Waals surface area contributed by atoms with Crippen molar-refractivity contribution in [1.82, 2.24) is 5.32 Å². The molecule has 0 aliphatic heterocycles. The van der Waals surface area contributed by atoms with E-state index in [0.717, 1.165) is 10.6 Å². The Kier molecular flexibility index (Phi) is 5.56. The van der Waals surface area contributed by atoms with Gasteiger partial charge >= 0.3 is 0 Å². The highest BCUT2D eigenvalue weighted by atomic mass is 32.2. The van der Waals surface area contributed by atoms with E-state index in [1.807, 2.05) is 19.2 Å². The van der Waals surface area contributed by atoms with Gasteiger partial charge in [0.05, 0.1) is 0 Å². The normalized spacial score (nSPS) is 12.3. The lowest BCUT2D eigenvalue weighted by molar-refractivity contribution is 0.568. The average molecular weight is 293 g/mol. The molecule has 0 saturated carbocycles. The first-order valence-electron chi connectivity index (χ1n) is 6.48. The minimum absolute atomic E-state index is 0.139. The molecule has 0 radical (unpaired) electrons. The van der Waals surface area contributed by atoms with Gasteiger partial charge in [0.1, 0.15) is 11.6 Å². The molecule has 1 N–H and O–H groups in total. The van der Waals surface area contributed by atoms with Gasteiger partial charge in [0, 0.05) is 16.7 Å². The van der Waals surface area contributed by atoms with Crippen LogP contribution in [0.15, 0.2) is 53.4 Å². The van der Waals surface area contributed by atoms with Crippen LogP contribution in [0.1, 0.15) is 5.56 Å². The van der Waals surface area contributed by atoms with Crippen molar-refractivity contribution in [2.24, 2.45) is 0 Å². The van der Waals surface area contributed by atoms with E-state index in [4.69, 9.17) is 0 Å². The lowest BCUT2D eigenvalue weighted by atomic mass is 10.1. The van der Waals surface area contributed by atoms with Crippen LogP contribution in [0.5, 0.6) is 0 Å². The van der Waals surface area contributed by atoms with Crippen LogP contribution in [0.2, 0.25) is 0 Å². The van der Waals surface area contributed by atoms with Gasteiger partial charge in [-0.2, -0.15) is 0 Å². The van der Waals surface area contributed by atoms with E-state index in [9.17, 15) is 8.78 Å². The first-order valence-corrected chi connectivity index (χ1v) is 7.46. The molecule has 2 aromatic rings. The molecule has 0 aliphatic carbocycles. The van der Waals surface area contributed by atoms with E-state index in [2.05, 4.69) is 5.32 Å². The number of nitrogens with one attached hydrogen (secondary N) is 1. The molecule has 0 spiro atoms. The van der Waals surface area contributed by atoms with Gasteiger partial charge in [-0.25, -0.2) is 8.78 Å². The highest BCUT2D eigenvalue weighted by Crippen LogP contribution is 2.21. The maximum atomic E-state index is 13.6. The average Bonchev–Trinajstić information content (AvgIpc) is 2.45. The molecule has 1 atom stereocenters. The molecule has 2 aromatic carbocycles.